The van der Waals surface area contributed by atoms with Gasteiger partial charge in [0.15, 0.2) is 0 Å². The lowest BCUT2D eigenvalue weighted by Crippen LogP contribution is -2.27. The number of nitrogens with one attached hydrogen (secondary N) is 1. The summed E-state index contributed by atoms with van der Waals surface area (Å²) < 4.78 is 5.23. The Kier molecular flexibility index (Phi) is 7.87. The number of hydrogen-bond donors (Lipinski definition) is 1. The summed E-state index contributed by atoms with van der Waals surface area (Å²) in [6, 6.07) is 18.8. The van der Waals surface area contributed by atoms with Gasteiger partial charge in [0.1, 0.15) is 5.70 Å². The summed E-state index contributed by atoms with van der Waals surface area (Å²) in [6.07, 6.45) is 6.41. The number of benzene rings is 2. The van der Waals surface area contributed by atoms with Crippen molar-refractivity contribution >= 4 is 24.0 Å². The molecule has 0 saturated carbocycles. The summed E-state index contributed by atoms with van der Waals surface area (Å²) in [7, 11) is 0. The van der Waals surface area contributed by atoms with Crippen LogP contribution >= 0.6 is 0 Å². The molecule has 0 saturated heterocycles. The number of esters is 1. The van der Waals surface area contributed by atoms with Crippen LogP contribution in [0.25, 0.3) is 12.2 Å². The van der Waals surface area contributed by atoms with Crippen molar-refractivity contribution in [2.24, 2.45) is 0 Å². The van der Waals surface area contributed by atoms with Gasteiger partial charge in [-0.1, -0.05) is 74.0 Å². The zero-order chi connectivity index (χ0) is 18.6. The van der Waals surface area contributed by atoms with Gasteiger partial charge in [0.25, 0.3) is 0 Å². The predicted molar refractivity (Wildman–Crippen MR) is 104 cm³/mol. The summed E-state index contributed by atoms with van der Waals surface area (Å²) in [5.41, 5.74) is 1.83. The van der Waals surface area contributed by atoms with E-state index in [1.54, 1.807) is 12.2 Å². The molecule has 0 atom stereocenters. The van der Waals surface area contributed by atoms with E-state index in [1.807, 2.05) is 67.6 Å². The smallest absolute Gasteiger partial charge is 0.354 e. The summed E-state index contributed by atoms with van der Waals surface area (Å²) in [5, 5.41) is 2.62. The summed E-state index contributed by atoms with van der Waals surface area (Å²) in [5.74, 6) is -0.924. The van der Waals surface area contributed by atoms with Gasteiger partial charge in [-0.15, -0.1) is 0 Å². The van der Waals surface area contributed by atoms with Crippen LogP contribution in [0, 0.1) is 0 Å². The zero-order valence-corrected chi connectivity index (χ0v) is 14.9. The first-order valence-electron chi connectivity index (χ1n) is 8.67. The minimum absolute atomic E-state index is 0.120. The molecule has 2 aromatic carbocycles. The highest BCUT2D eigenvalue weighted by Crippen LogP contribution is 2.07. The van der Waals surface area contributed by atoms with Gasteiger partial charge in [-0.2, -0.15) is 0 Å². The number of hydrogen-bond acceptors (Lipinski definition) is 3. The van der Waals surface area contributed by atoms with Gasteiger partial charge in [-0.25, -0.2) is 4.79 Å². The second kappa shape index (κ2) is 10.7. The normalized spacial score (nSPS) is 11.3. The molecule has 0 aliphatic rings. The van der Waals surface area contributed by atoms with E-state index in [9.17, 15) is 9.59 Å². The highest BCUT2D eigenvalue weighted by Gasteiger charge is 2.13. The van der Waals surface area contributed by atoms with E-state index in [1.165, 1.54) is 6.08 Å². The molecule has 0 unspecified atom stereocenters. The molecule has 0 aliphatic heterocycles. The highest BCUT2D eigenvalue weighted by molar-refractivity contribution is 6.02. The topological polar surface area (TPSA) is 55.4 Å². The molecule has 4 nitrogen and oxygen atoms in total. The quantitative estimate of drug-likeness (QED) is 0.441. The highest BCUT2D eigenvalue weighted by atomic mass is 16.5. The molecule has 0 aromatic heterocycles. The molecule has 2 rings (SSSR count). The Hall–Kier alpha value is -3.14. The van der Waals surface area contributed by atoms with E-state index in [-0.39, 0.29) is 11.6 Å². The predicted octanol–water partition coefficient (Wildman–Crippen LogP) is 4.20. The van der Waals surface area contributed by atoms with Gasteiger partial charge in [0.2, 0.25) is 5.91 Å². The Morgan fingerprint density at radius 2 is 1.58 bits per heavy atom. The number of carbonyl (C=O) groups excluding carboxylic acids is 2. The lowest BCUT2D eigenvalue weighted by atomic mass is 10.2. The summed E-state index contributed by atoms with van der Waals surface area (Å²) >= 11 is 0. The molecular weight excluding hydrogens is 326 g/mol. The van der Waals surface area contributed by atoms with Gasteiger partial charge < -0.3 is 10.1 Å². The van der Waals surface area contributed by atoms with Crippen LogP contribution in [0.5, 0.6) is 0 Å². The molecule has 1 N–H and O–H groups in total. The Labute approximate surface area is 154 Å². The Morgan fingerprint density at radius 3 is 2.19 bits per heavy atom. The van der Waals surface area contributed by atoms with Gasteiger partial charge in [0, 0.05) is 6.08 Å². The van der Waals surface area contributed by atoms with Crippen molar-refractivity contribution in [3.8, 4) is 0 Å². The van der Waals surface area contributed by atoms with Gasteiger partial charge in [-0.05, 0) is 29.7 Å². The molecule has 0 bridgehead atoms. The van der Waals surface area contributed by atoms with Crippen molar-refractivity contribution in [2.45, 2.75) is 19.8 Å². The molecule has 0 fully saturated rings. The molecule has 0 radical (unpaired) electrons. The fourth-order valence-electron chi connectivity index (χ4n) is 2.16. The van der Waals surface area contributed by atoms with E-state index in [4.69, 9.17) is 4.74 Å². The Morgan fingerprint density at radius 1 is 0.962 bits per heavy atom. The van der Waals surface area contributed by atoms with E-state index >= 15 is 0 Å². The van der Waals surface area contributed by atoms with Crippen LogP contribution in [0.2, 0.25) is 0 Å². The number of unbranched alkanes of at least 4 members (excludes halogenated alkanes) is 1. The van der Waals surface area contributed by atoms with Crippen LogP contribution in [0.4, 0.5) is 0 Å². The van der Waals surface area contributed by atoms with Crippen LogP contribution in [0.3, 0.4) is 0 Å². The maximum Gasteiger partial charge on any atom is 0.354 e. The third kappa shape index (κ3) is 6.77. The molecule has 0 aliphatic carbocycles. The average Bonchev–Trinajstić information content (AvgIpc) is 2.67. The maximum absolute atomic E-state index is 12.3. The van der Waals surface area contributed by atoms with E-state index in [0.29, 0.717) is 6.61 Å². The minimum Gasteiger partial charge on any atom is -0.461 e. The lowest BCUT2D eigenvalue weighted by Gasteiger charge is -2.09. The number of rotatable bonds is 8. The number of amides is 1. The third-order valence-corrected chi connectivity index (χ3v) is 3.55. The number of carbonyl (C=O) groups is 2. The largest absolute Gasteiger partial charge is 0.461 e. The third-order valence-electron chi connectivity index (χ3n) is 3.55. The fraction of sp³-hybridized carbons (Fsp3) is 0.182. The molecule has 0 heterocycles. The molecule has 4 heteroatoms. The maximum atomic E-state index is 12.3. The molecule has 134 valence electrons. The van der Waals surface area contributed by atoms with Gasteiger partial charge >= 0.3 is 5.97 Å². The van der Waals surface area contributed by atoms with Gasteiger partial charge in [-0.3, -0.25) is 4.79 Å². The summed E-state index contributed by atoms with van der Waals surface area (Å²) in [4.78, 5) is 24.5. The Balaban J connectivity index is 2.10. The SMILES string of the molecule is CCCCOC(=O)/C(=C/c1ccccc1)NC(=O)/C=C/c1ccccc1. The fourth-order valence-corrected chi connectivity index (χ4v) is 2.16. The first kappa shape index (κ1) is 19.2. The number of ether oxygens (including phenoxy) is 1. The van der Waals surface area contributed by atoms with Crippen LogP contribution in [-0.4, -0.2) is 18.5 Å². The van der Waals surface area contributed by atoms with Crippen molar-refractivity contribution in [1.29, 1.82) is 0 Å². The second-order valence-electron chi connectivity index (χ2n) is 5.69. The van der Waals surface area contributed by atoms with Crippen molar-refractivity contribution in [2.75, 3.05) is 6.61 Å². The molecule has 2 aromatic rings. The van der Waals surface area contributed by atoms with Crippen molar-refractivity contribution in [3.63, 3.8) is 0 Å². The van der Waals surface area contributed by atoms with E-state index in [0.717, 1.165) is 24.0 Å². The van der Waals surface area contributed by atoms with Crippen LogP contribution in [0.1, 0.15) is 30.9 Å². The van der Waals surface area contributed by atoms with Gasteiger partial charge in [0.05, 0.1) is 6.61 Å². The second-order valence-corrected chi connectivity index (χ2v) is 5.69. The standard InChI is InChI=1S/C22H23NO3/c1-2-3-16-26-22(25)20(17-19-12-8-5-9-13-19)23-21(24)15-14-18-10-6-4-7-11-18/h4-15,17H,2-3,16H2,1H3,(H,23,24)/b15-14+,20-17-. The van der Waals surface area contributed by atoms with E-state index < -0.39 is 5.97 Å². The molecule has 26 heavy (non-hydrogen) atoms. The first-order chi connectivity index (χ1) is 12.7. The van der Waals surface area contributed by atoms with Crippen molar-refractivity contribution in [1.82, 2.24) is 5.32 Å². The van der Waals surface area contributed by atoms with Crippen molar-refractivity contribution < 1.29 is 14.3 Å². The summed E-state index contributed by atoms with van der Waals surface area (Å²) in [6.45, 7) is 2.35. The monoisotopic (exact) mass is 349 g/mol. The Bertz CT molecular complexity index is 764. The van der Waals surface area contributed by atoms with Crippen LogP contribution in [0.15, 0.2) is 72.4 Å². The average molecular weight is 349 g/mol. The lowest BCUT2D eigenvalue weighted by molar-refractivity contribution is -0.140. The first-order valence-corrected chi connectivity index (χ1v) is 8.67. The van der Waals surface area contributed by atoms with Crippen molar-refractivity contribution in [3.05, 3.63) is 83.6 Å². The van der Waals surface area contributed by atoms with E-state index in [2.05, 4.69) is 5.32 Å². The molecule has 1 amide bonds. The molecular formula is C22H23NO3. The molecule has 0 spiro atoms. The van der Waals surface area contributed by atoms with Crippen LogP contribution in [-0.2, 0) is 14.3 Å². The minimum atomic E-state index is -0.538. The van der Waals surface area contributed by atoms with Crippen LogP contribution < -0.4 is 5.32 Å². The zero-order valence-electron chi connectivity index (χ0n) is 14.9.